The molecule has 2 amide bonds. The summed E-state index contributed by atoms with van der Waals surface area (Å²) in [5, 5.41) is 27.1. The molecule has 0 aromatic heterocycles. The van der Waals surface area contributed by atoms with E-state index in [4.69, 9.17) is 4.74 Å². The number of aliphatic hydroxyl groups is 2. The van der Waals surface area contributed by atoms with Crippen LogP contribution in [0.5, 0.6) is 0 Å². The zero-order valence-corrected chi connectivity index (χ0v) is 25.5. The normalized spacial score (nSPS) is 43.0. The number of hydrogen-bond donors (Lipinski definition) is 4. The van der Waals surface area contributed by atoms with Crippen LogP contribution in [0.3, 0.4) is 0 Å². The average molecular weight is 553 g/mol. The number of ether oxygens (including phenoxy) is 1. The highest BCUT2D eigenvalue weighted by Gasteiger charge is 2.66. The minimum atomic E-state index is -0.710. The highest BCUT2D eigenvalue weighted by atomic mass is 16.5. The van der Waals surface area contributed by atoms with Gasteiger partial charge in [0.15, 0.2) is 5.76 Å². The summed E-state index contributed by atoms with van der Waals surface area (Å²) in [4.78, 5) is 24.8. The summed E-state index contributed by atoms with van der Waals surface area (Å²) in [5.74, 6) is -0.232. The van der Waals surface area contributed by atoms with Gasteiger partial charge in [-0.2, -0.15) is 0 Å². The first-order chi connectivity index (χ1) is 18.5. The fourth-order valence-electron chi connectivity index (χ4n) is 9.46. The van der Waals surface area contributed by atoms with Crippen molar-refractivity contribution in [1.82, 2.24) is 10.6 Å². The zero-order chi connectivity index (χ0) is 29.5. The molecule has 5 rings (SSSR count). The second kappa shape index (κ2) is 9.15. The molecular weight excluding hydrogens is 504 g/mol. The molecular formula is C33H48N2O5. The molecule has 0 spiro atoms. The number of rotatable bonds is 3. The number of carbonyl (C=O) groups excluding carboxylic acids is 2. The average Bonchev–Trinajstić information content (AvgIpc) is 2.89. The van der Waals surface area contributed by atoms with E-state index in [0.29, 0.717) is 5.92 Å². The third-order valence-electron chi connectivity index (χ3n) is 12.4. The maximum atomic E-state index is 13.0. The Kier molecular flexibility index (Phi) is 6.59. The van der Waals surface area contributed by atoms with Crippen LogP contribution >= 0.6 is 0 Å². The first-order valence-electron chi connectivity index (χ1n) is 15.0. The number of nitrogens with one attached hydrogen (secondary N) is 2. The van der Waals surface area contributed by atoms with Crippen molar-refractivity contribution >= 4 is 12.0 Å². The maximum Gasteiger partial charge on any atom is 0.328 e. The molecule has 0 bridgehead atoms. The molecule has 8 atom stereocenters. The van der Waals surface area contributed by atoms with E-state index in [9.17, 15) is 19.8 Å². The maximum absolute atomic E-state index is 13.0. The monoisotopic (exact) mass is 552 g/mol. The standard InChI is InChI=1S/C33H48N2O5/c1-19-21-9-10-24-31(5,22(21)17-23(36)26(19)37)14-16-33(7)25-18-30(4,35-28(39)34-20(2)27(38)40-8)13-11-29(25,3)12-15-32(24,33)6/h9-10,17,19-20,25,36-37H,11-16,18H2,1-8H3,(H2,34,35,39)/t19-,20+,25-,29-,30-,31+,32-,33+/m1/s1. The van der Waals surface area contributed by atoms with Crippen LogP contribution < -0.4 is 10.6 Å². The molecule has 3 saturated carbocycles. The van der Waals surface area contributed by atoms with E-state index in [2.05, 4.69) is 57.4 Å². The predicted molar refractivity (Wildman–Crippen MR) is 155 cm³/mol. The van der Waals surface area contributed by atoms with Gasteiger partial charge in [0, 0.05) is 16.9 Å². The fourth-order valence-corrected chi connectivity index (χ4v) is 9.46. The molecule has 0 aromatic carbocycles. The topological polar surface area (TPSA) is 108 Å². The van der Waals surface area contributed by atoms with Gasteiger partial charge in [0.25, 0.3) is 0 Å². The van der Waals surface area contributed by atoms with Crippen LogP contribution in [0.25, 0.3) is 0 Å². The van der Waals surface area contributed by atoms with Gasteiger partial charge in [0.2, 0.25) is 0 Å². The van der Waals surface area contributed by atoms with Crippen LogP contribution in [0.4, 0.5) is 4.79 Å². The van der Waals surface area contributed by atoms with Gasteiger partial charge >= 0.3 is 12.0 Å². The number of hydrogen-bond acceptors (Lipinski definition) is 5. The van der Waals surface area contributed by atoms with E-state index in [-0.39, 0.29) is 50.7 Å². The highest BCUT2D eigenvalue weighted by molar-refractivity contribution is 5.83. The van der Waals surface area contributed by atoms with Crippen molar-refractivity contribution in [3.63, 3.8) is 0 Å². The summed E-state index contributed by atoms with van der Waals surface area (Å²) in [6.07, 6.45) is 13.4. The van der Waals surface area contributed by atoms with Crippen LogP contribution in [0.1, 0.15) is 93.4 Å². The van der Waals surface area contributed by atoms with Crippen molar-refractivity contribution in [2.24, 2.45) is 33.5 Å². The molecule has 7 heteroatoms. The Morgan fingerprint density at radius 3 is 2.35 bits per heavy atom. The third kappa shape index (κ3) is 3.97. The molecule has 0 saturated heterocycles. The highest BCUT2D eigenvalue weighted by Crippen LogP contribution is 2.75. The number of fused-ring (bicyclic) bond motifs is 7. The van der Waals surface area contributed by atoms with Crippen LogP contribution in [-0.4, -0.2) is 40.9 Å². The van der Waals surface area contributed by atoms with Crippen molar-refractivity contribution in [3.05, 3.63) is 46.5 Å². The van der Waals surface area contributed by atoms with Crippen LogP contribution in [0.15, 0.2) is 46.5 Å². The molecule has 220 valence electrons. The Morgan fingerprint density at radius 1 is 1.00 bits per heavy atom. The molecule has 5 aliphatic carbocycles. The number of allylic oxidation sites excluding steroid dienone is 6. The lowest BCUT2D eigenvalue weighted by Crippen LogP contribution is -2.65. The number of esters is 1. The van der Waals surface area contributed by atoms with Crippen molar-refractivity contribution in [2.45, 2.75) is 105 Å². The largest absolute Gasteiger partial charge is 0.508 e. The molecule has 3 fully saturated rings. The number of aliphatic hydroxyl groups excluding tert-OH is 2. The van der Waals surface area contributed by atoms with E-state index < -0.39 is 12.0 Å². The molecule has 5 aliphatic rings. The van der Waals surface area contributed by atoms with Crippen LogP contribution in [-0.2, 0) is 9.53 Å². The lowest BCUT2D eigenvalue weighted by Gasteiger charge is -2.70. The van der Waals surface area contributed by atoms with Gasteiger partial charge in [0.05, 0.1) is 7.11 Å². The van der Waals surface area contributed by atoms with Crippen LogP contribution in [0, 0.1) is 33.5 Å². The number of methoxy groups -OCH3 is 1. The van der Waals surface area contributed by atoms with Gasteiger partial charge in [-0.25, -0.2) is 9.59 Å². The molecule has 0 aromatic rings. The number of carbonyl (C=O) groups is 2. The summed E-state index contributed by atoms with van der Waals surface area (Å²) in [7, 11) is 1.32. The molecule has 0 unspecified atom stereocenters. The lowest BCUT2D eigenvalue weighted by atomic mass is 9.35. The summed E-state index contributed by atoms with van der Waals surface area (Å²) in [6, 6.07) is -1.04. The van der Waals surface area contributed by atoms with Crippen LogP contribution in [0.2, 0.25) is 0 Å². The Bertz CT molecular complexity index is 1260. The van der Waals surface area contributed by atoms with E-state index in [1.54, 1.807) is 6.92 Å². The Morgan fingerprint density at radius 2 is 1.68 bits per heavy atom. The van der Waals surface area contributed by atoms with Crippen molar-refractivity contribution in [1.29, 1.82) is 0 Å². The van der Waals surface area contributed by atoms with Crippen molar-refractivity contribution in [2.75, 3.05) is 7.11 Å². The number of urea groups is 1. The van der Waals surface area contributed by atoms with E-state index in [1.165, 1.54) is 12.7 Å². The first kappa shape index (κ1) is 28.8. The first-order valence-corrected chi connectivity index (χ1v) is 15.0. The smallest absolute Gasteiger partial charge is 0.328 e. The summed E-state index contributed by atoms with van der Waals surface area (Å²) in [5.41, 5.74) is 3.29. The number of amides is 2. The Labute approximate surface area is 239 Å². The molecule has 7 nitrogen and oxygen atoms in total. The lowest BCUT2D eigenvalue weighted by molar-refractivity contribution is -0.153. The van der Waals surface area contributed by atoms with E-state index in [1.807, 2.05) is 13.0 Å². The predicted octanol–water partition coefficient (Wildman–Crippen LogP) is 6.79. The minimum absolute atomic E-state index is 0.00857. The summed E-state index contributed by atoms with van der Waals surface area (Å²) < 4.78 is 4.77. The Balaban J connectivity index is 1.47. The van der Waals surface area contributed by atoms with Crippen molar-refractivity contribution < 1.29 is 24.5 Å². The summed E-state index contributed by atoms with van der Waals surface area (Å²) in [6.45, 7) is 15.5. The van der Waals surface area contributed by atoms with Gasteiger partial charge in [-0.1, -0.05) is 52.3 Å². The third-order valence-corrected chi connectivity index (χ3v) is 12.4. The van der Waals surface area contributed by atoms with Gasteiger partial charge < -0.3 is 25.6 Å². The van der Waals surface area contributed by atoms with E-state index >= 15 is 0 Å². The van der Waals surface area contributed by atoms with Gasteiger partial charge in [-0.3, -0.25) is 0 Å². The second-order valence-corrected chi connectivity index (χ2v) is 14.6. The molecule has 4 N–H and O–H groups in total. The molecule has 0 heterocycles. The molecule has 40 heavy (non-hydrogen) atoms. The molecule has 0 radical (unpaired) electrons. The van der Waals surface area contributed by atoms with Crippen molar-refractivity contribution in [3.8, 4) is 0 Å². The van der Waals surface area contributed by atoms with E-state index in [0.717, 1.165) is 56.1 Å². The minimum Gasteiger partial charge on any atom is -0.508 e. The quantitative estimate of drug-likeness (QED) is 0.288. The van der Waals surface area contributed by atoms with Gasteiger partial charge in [-0.15, -0.1) is 0 Å². The molecule has 0 aliphatic heterocycles. The second-order valence-electron chi connectivity index (χ2n) is 14.6. The Hall–Kier alpha value is -2.70. The van der Waals surface area contributed by atoms with Gasteiger partial charge in [-0.05, 0) is 98.2 Å². The fraction of sp³-hybridized carbons (Fsp3) is 0.697. The SMILES string of the molecule is COC(=O)[C@H](C)NC(=O)N[C@]1(C)CC[C@]2(C)CC[C@]3(C)C4=CC=C5C(=CC(O)=C(O)[C@@H]5C)[C@]4(C)CC[C@@]3(C)[C@@H]2C1. The van der Waals surface area contributed by atoms with Gasteiger partial charge in [0.1, 0.15) is 11.8 Å². The summed E-state index contributed by atoms with van der Waals surface area (Å²) >= 11 is 0. The zero-order valence-electron chi connectivity index (χ0n) is 25.5.